The number of hydrogen-bond acceptors (Lipinski definition) is 3. The van der Waals surface area contributed by atoms with E-state index in [9.17, 15) is 5.11 Å². The van der Waals surface area contributed by atoms with Crippen LogP contribution in [0.3, 0.4) is 0 Å². The van der Waals surface area contributed by atoms with Crippen molar-refractivity contribution in [3.63, 3.8) is 0 Å². The van der Waals surface area contributed by atoms with E-state index < -0.39 is 0 Å². The second kappa shape index (κ2) is 8.37. The molecule has 22 heavy (non-hydrogen) atoms. The molecule has 3 nitrogen and oxygen atoms in total. The lowest BCUT2D eigenvalue weighted by atomic mass is 10.2. The molecule has 0 radical (unpaired) electrons. The second-order valence-electron chi connectivity index (χ2n) is 4.61. The molecule has 0 heterocycles. The Bertz CT molecular complexity index is 667. The summed E-state index contributed by atoms with van der Waals surface area (Å²) < 4.78 is 5.51. The summed E-state index contributed by atoms with van der Waals surface area (Å²) in [4.78, 5) is 0. The Kier molecular flexibility index (Phi) is 5.88. The van der Waals surface area contributed by atoms with Crippen LogP contribution in [0, 0.1) is 0 Å². The first-order valence-electron chi connectivity index (χ1n) is 6.94. The van der Waals surface area contributed by atoms with Gasteiger partial charge < -0.3 is 14.9 Å². The third-order valence-electron chi connectivity index (χ3n) is 2.82. The molecule has 0 aromatic heterocycles. The van der Waals surface area contributed by atoms with E-state index in [2.05, 4.69) is 0 Å². The third-order valence-corrected chi connectivity index (χ3v) is 2.82. The minimum Gasteiger partial charge on any atom is -0.508 e. The van der Waals surface area contributed by atoms with Gasteiger partial charge in [-0.05, 0) is 29.8 Å². The van der Waals surface area contributed by atoms with E-state index in [4.69, 9.17) is 9.84 Å². The first-order chi connectivity index (χ1) is 10.7. The monoisotopic (exact) mass is 294 g/mol. The van der Waals surface area contributed by atoms with Gasteiger partial charge in [-0.2, -0.15) is 0 Å². The largest absolute Gasteiger partial charge is 0.508 e. The highest BCUT2D eigenvalue weighted by atomic mass is 16.5. The van der Waals surface area contributed by atoms with Crippen LogP contribution in [0.4, 0.5) is 0 Å². The summed E-state index contributed by atoms with van der Waals surface area (Å²) in [6.45, 7) is 0.518. The molecule has 3 aromatic carbocycles. The Labute approximate surface area is 130 Å². The van der Waals surface area contributed by atoms with E-state index in [1.54, 1.807) is 42.5 Å². The van der Waals surface area contributed by atoms with Crippen LogP contribution in [-0.4, -0.2) is 10.2 Å². The van der Waals surface area contributed by atoms with Crippen molar-refractivity contribution < 1.29 is 14.9 Å². The molecule has 0 saturated heterocycles. The summed E-state index contributed by atoms with van der Waals surface area (Å²) in [5.41, 5.74) is 1.11. The zero-order valence-electron chi connectivity index (χ0n) is 12.1. The van der Waals surface area contributed by atoms with Crippen molar-refractivity contribution in [2.24, 2.45) is 0 Å². The van der Waals surface area contributed by atoms with E-state index in [1.165, 1.54) is 0 Å². The van der Waals surface area contributed by atoms with Crippen LogP contribution in [0.25, 0.3) is 0 Å². The van der Waals surface area contributed by atoms with Crippen LogP contribution in [0.15, 0.2) is 84.9 Å². The topological polar surface area (TPSA) is 49.7 Å². The van der Waals surface area contributed by atoms with Crippen LogP contribution in [0.2, 0.25) is 0 Å². The van der Waals surface area contributed by atoms with Crippen molar-refractivity contribution in [1.29, 1.82) is 0 Å². The van der Waals surface area contributed by atoms with Gasteiger partial charge in [0.05, 0.1) is 0 Å². The molecule has 0 unspecified atom stereocenters. The molecule has 0 atom stereocenters. The quantitative estimate of drug-likeness (QED) is 0.754. The number of ether oxygens (including phenoxy) is 1. The van der Waals surface area contributed by atoms with E-state index >= 15 is 0 Å². The lowest BCUT2D eigenvalue weighted by Gasteiger charge is -2.05. The Balaban J connectivity index is 0.000000211. The molecule has 0 fully saturated rings. The van der Waals surface area contributed by atoms with E-state index in [1.807, 2.05) is 42.5 Å². The molecule has 2 N–H and O–H groups in total. The Hall–Kier alpha value is -2.94. The fraction of sp³-hybridized carbons (Fsp3) is 0.0526. The average molecular weight is 294 g/mol. The van der Waals surface area contributed by atoms with Gasteiger partial charge in [0.25, 0.3) is 0 Å². The first kappa shape index (κ1) is 15.4. The van der Waals surface area contributed by atoms with Crippen LogP contribution in [0.5, 0.6) is 17.2 Å². The molecule has 0 spiro atoms. The summed E-state index contributed by atoms with van der Waals surface area (Å²) in [5, 5.41) is 17.9. The predicted octanol–water partition coefficient (Wildman–Crippen LogP) is 4.36. The molecule has 0 aliphatic carbocycles. The highest BCUT2D eigenvalue weighted by Crippen LogP contribution is 2.18. The van der Waals surface area contributed by atoms with Crippen molar-refractivity contribution in [2.45, 2.75) is 6.61 Å². The van der Waals surface area contributed by atoms with Crippen molar-refractivity contribution in [2.75, 3.05) is 0 Å². The highest BCUT2D eigenvalue weighted by Gasteiger charge is 1.96. The van der Waals surface area contributed by atoms with Gasteiger partial charge in [-0.1, -0.05) is 54.6 Å². The van der Waals surface area contributed by atoms with Crippen LogP contribution in [0.1, 0.15) is 5.56 Å². The second-order valence-corrected chi connectivity index (χ2v) is 4.61. The van der Waals surface area contributed by atoms with Crippen LogP contribution < -0.4 is 4.74 Å². The number of para-hydroxylation sites is 1. The van der Waals surface area contributed by atoms with E-state index in [0.29, 0.717) is 18.1 Å². The zero-order chi connectivity index (χ0) is 15.6. The van der Waals surface area contributed by atoms with Gasteiger partial charge in [0.15, 0.2) is 0 Å². The molecule has 0 amide bonds. The fourth-order valence-electron chi connectivity index (χ4n) is 1.74. The van der Waals surface area contributed by atoms with E-state index in [0.717, 1.165) is 5.56 Å². The molecule has 0 bridgehead atoms. The van der Waals surface area contributed by atoms with Gasteiger partial charge >= 0.3 is 0 Å². The van der Waals surface area contributed by atoms with Gasteiger partial charge in [0, 0.05) is 6.07 Å². The molecule has 3 heteroatoms. The molecule has 3 aromatic rings. The van der Waals surface area contributed by atoms with E-state index in [-0.39, 0.29) is 5.75 Å². The summed E-state index contributed by atoms with van der Waals surface area (Å²) in [5.74, 6) is 1.22. The van der Waals surface area contributed by atoms with Crippen LogP contribution >= 0.6 is 0 Å². The van der Waals surface area contributed by atoms with Gasteiger partial charge in [0.1, 0.15) is 23.9 Å². The smallest absolute Gasteiger partial charge is 0.123 e. The van der Waals surface area contributed by atoms with Gasteiger partial charge in [-0.15, -0.1) is 0 Å². The van der Waals surface area contributed by atoms with Gasteiger partial charge in [-0.25, -0.2) is 0 Å². The molecule has 112 valence electrons. The Morgan fingerprint density at radius 2 is 1.23 bits per heavy atom. The lowest BCUT2D eigenvalue weighted by molar-refractivity contribution is 0.304. The maximum absolute atomic E-state index is 9.23. The SMILES string of the molecule is Oc1cccc(OCc2ccccc2)c1.Oc1ccccc1. The lowest BCUT2D eigenvalue weighted by Crippen LogP contribution is -1.94. The number of phenols is 2. The van der Waals surface area contributed by atoms with Gasteiger partial charge in [0.2, 0.25) is 0 Å². The minimum absolute atomic E-state index is 0.223. The maximum atomic E-state index is 9.23. The Morgan fingerprint density at radius 1 is 0.636 bits per heavy atom. The number of hydrogen-bond donors (Lipinski definition) is 2. The number of rotatable bonds is 3. The number of aromatic hydroxyl groups is 2. The summed E-state index contributed by atoms with van der Waals surface area (Å²) in [7, 11) is 0. The standard InChI is InChI=1S/C13H12O2.C6H6O/c14-12-7-4-8-13(9-12)15-10-11-5-2-1-3-6-11;7-6-4-2-1-3-5-6/h1-9,14H,10H2;1-5,7H. The first-order valence-corrected chi connectivity index (χ1v) is 6.94. The molecule has 0 aliphatic heterocycles. The van der Waals surface area contributed by atoms with Crippen LogP contribution in [-0.2, 0) is 6.61 Å². The molecule has 0 aliphatic rings. The number of phenolic OH excluding ortho intramolecular Hbond substituents is 2. The van der Waals surface area contributed by atoms with Gasteiger partial charge in [-0.3, -0.25) is 0 Å². The summed E-state index contributed by atoms with van der Waals surface area (Å²) in [6.07, 6.45) is 0. The highest BCUT2D eigenvalue weighted by molar-refractivity contribution is 5.32. The average Bonchev–Trinajstić information content (AvgIpc) is 2.55. The third kappa shape index (κ3) is 5.59. The number of benzene rings is 3. The Morgan fingerprint density at radius 3 is 1.77 bits per heavy atom. The summed E-state index contributed by atoms with van der Waals surface area (Å²) >= 11 is 0. The minimum atomic E-state index is 0.223. The molecule has 0 saturated carbocycles. The molecular formula is C19H18O3. The van der Waals surface area contributed by atoms with Crippen molar-refractivity contribution in [3.05, 3.63) is 90.5 Å². The molecule has 3 rings (SSSR count). The zero-order valence-corrected chi connectivity index (χ0v) is 12.1. The summed E-state index contributed by atoms with van der Waals surface area (Å²) in [6, 6.07) is 25.4. The molecular weight excluding hydrogens is 276 g/mol. The predicted molar refractivity (Wildman–Crippen MR) is 87.0 cm³/mol. The fourth-order valence-corrected chi connectivity index (χ4v) is 1.74. The maximum Gasteiger partial charge on any atom is 0.123 e. The van der Waals surface area contributed by atoms with Crippen molar-refractivity contribution in [1.82, 2.24) is 0 Å². The van der Waals surface area contributed by atoms with Crippen molar-refractivity contribution in [3.8, 4) is 17.2 Å². The normalized spacial score (nSPS) is 9.45. The van der Waals surface area contributed by atoms with Crippen molar-refractivity contribution >= 4 is 0 Å².